The van der Waals surface area contributed by atoms with Crippen molar-refractivity contribution in [2.45, 2.75) is 0 Å². The SMILES string of the molecule is c1ccc(-c2nc(-n3c4ccccc4c4c3ccc3c5ccccc5n(-c5ccccc5)c34)sc2-c2ccccc2)cc1.c1ccc(-c2nc(-n3c4ccccc4c4cc5c(cc43)c3ccccc3n5-c3ccccc3)sc2-c2ccccc2)cc1.c1ccc(-c2nc(-n3c4ccccc4c4ccc5c(c6ccccc6n5-c5ccccc5)c43)sc2-c2ccccc2)cc1. The second kappa shape index (κ2) is 31.4. The Kier molecular flexibility index (Phi) is 18.3. The van der Waals surface area contributed by atoms with Gasteiger partial charge in [0, 0.05) is 98.4 Å². The molecule has 0 aliphatic rings. The predicted molar refractivity (Wildman–Crippen MR) is 545 cm³/mol. The van der Waals surface area contributed by atoms with E-state index in [4.69, 9.17) is 15.0 Å². The summed E-state index contributed by atoms with van der Waals surface area (Å²) in [5.41, 5.74) is 27.6. The number of hydrogen-bond acceptors (Lipinski definition) is 6. The predicted octanol–water partition coefficient (Wildman–Crippen LogP) is 32.0. The maximum atomic E-state index is 5.43. The number of fused-ring (bicyclic) bond motifs is 20. The van der Waals surface area contributed by atoms with Crippen LogP contribution in [0.3, 0.4) is 0 Å². The van der Waals surface area contributed by atoms with E-state index in [1.807, 2.05) is 0 Å². The molecule has 0 saturated carbocycles. The topological polar surface area (TPSA) is 68.2 Å². The lowest BCUT2D eigenvalue weighted by Gasteiger charge is -2.09. The standard InChI is InChI=1S/3C39H25N3S/c1-4-14-26(15-5-1)37-38(27-16-6-2-7-17-27)43-39(40-37)42-34-23-13-11-21-30(34)32-24-35-31(25-36(32)42)29-20-10-12-22-33(29)41(35)28-18-8-3-9-19-28;1-4-14-26(15-5-1)36-38(27-16-6-2-7-17-27)43-39(40-36)42-32-22-12-10-20-29(32)30-24-25-34-35(37(30)42)31-21-11-13-23-33(31)41(34)28-18-8-3-9-19-28;1-4-14-26(15-5-1)36-38(27-16-6-2-7-17-27)43-39(40-36)42-33-23-13-11-21-31(33)35-34(42)25-24-30-29-20-10-12-22-32(29)41(37(30)35)28-18-8-3-9-19-28/h3*1-25H. The summed E-state index contributed by atoms with van der Waals surface area (Å²) in [6.07, 6.45) is 0. The van der Waals surface area contributed by atoms with Crippen LogP contribution in [0, 0.1) is 0 Å². The molecule has 0 aliphatic heterocycles. The second-order valence-corrected chi connectivity index (χ2v) is 35.4. The normalized spacial score (nSPS) is 11.7. The highest BCUT2D eigenvalue weighted by molar-refractivity contribution is 7.19. The second-order valence-electron chi connectivity index (χ2n) is 32.4. The molecule has 9 nitrogen and oxygen atoms in total. The van der Waals surface area contributed by atoms with Crippen LogP contribution >= 0.6 is 34.0 Å². The van der Waals surface area contributed by atoms with Gasteiger partial charge in [-0.25, -0.2) is 15.0 Å². The van der Waals surface area contributed by atoms with Crippen LogP contribution in [0.2, 0.25) is 0 Å². The van der Waals surface area contributed by atoms with Crippen molar-refractivity contribution in [3.63, 3.8) is 0 Å². The Hall–Kier alpha value is -16.4. The zero-order valence-corrected chi connectivity index (χ0v) is 72.0. The van der Waals surface area contributed by atoms with Crippen molar-refractivity contribution in [1.29, 1.82) is 0 Å². The van der Waals surface area contributed by atoms with Crippen LogP contribution in [-0.2, 0) is 0 Å². The van der Waals surface area contributed by atoms with Crippen molar-refractivity contribution < 1.29 is 0 Å². The molecule has 27 rings (SSSR count). The maximum Gasteiger partial charge on any atom is 0.195 e. The molecule has 27 aromatic rings. The zero-order chi connectivity index (χ0) is 85.0. The molecule has 0 saturated heterocycles. The van der Waals surface area contributed by atoms with E-state index in [0.29, 0.717) is 0 Å². The highest BCUT2D eigenvalue weighted by Crippen LogP contribution is 2.50. The molecule has 129 heavy (non-hydrogen) atoms. The number of benzene rings is 18. The van der Waals surface area contributed by atoms with Gasteiger partial charge < -0.3 is 13.7 Å². The summed E-state index contributed by atoms with van der Waals surface area (Å²) in [6.45, 7) is 0. The van der Waals surface area contributed by atoms with Crippen LogP contribution in [0.4, 0.5) is 0 Å². The molecular weight excluding hydrogens is 1630 g/mol. The lowest BCUT2D eigenvalue weighted by Crippen LogP contribution is -1.95. The van der Waals surface area contributed by atoms with E-state index in [1.54, 1.807) is 34.0 Å². The molecule has 9 aromatic heterocycles. The number of thiazole rings is 3. The van der Waals surface area contributed by atoms with Gasteiger partial charge in [-0.05, 0) is 114 Å². The van der Waals surface area contributed by atoms with E-state index < -0.39 is 0 Å². The lowest BCUT2D eigenvalue weighted by molar-refractivity contribution is 1.14. The van der Waals surface area contributed by atoms with E-state index in [2.05, 4.69) is 482 Å². The van der Waals surface area contributed by atoms with Crippen LogP contribution in [0.1, 0.15) is 0 Å². The average Bonchev–Trinajstić information content (AvgIpc) is 1.55. The molecule has 0 spiro atoms. The molecule has 0 amide bonds. The molecule has 9 heterocycles. The molecule has 18 aromatic carbocycles. The Morgan fingerprint density at radius 1 is 0.155 bits per heavy atom. The minimum Gasteiger partial charge on any atom is -0.309 e. The highest BCUT2D eigenvalue weighted by Gasteiger charge is 2.29. The number of nitrogens with zero attached hydrogens (tertiary/aromatic N) is 9. The van der Waals surface area contributed by atoms with Crippen LogP contribution < -0.4 is 0 Å². The van der Waals surface area contributed by atoms with Gasteiger partial charge in [-0.2, -0.15) is 0 Å². The Balaban J connectivity index is 0.000000105. The number of rotatable bonds is 12. The fourth-order valence-electron chi connectivity index (χ4n) is 19.6. The smallest absolute Gasteiger partial charge is 0.195 e. The monoisotopic (exact) mass is 1700 g/mol. The Labute approximate surface area is 754 Å². The van der Waals surface area contributed by atoms with Crippen molar-refractivity contribution in [3.8, 4) is 97.6 Å². The number of hydrogen-bond donors (Lipinski definition) is 0. The van der Waals surface area contributed by atoms with E-state index in [9.17, 15) is 0 Å². The first-order valence-electron chi connectivity index (χ1n) is 43.5. The minimum absolute atomic E-state index is 0.964. The van der Waals surface area contributed by atoms with Crippen molar-refractivity contribution in [3.05, 3.63) is 455 Å². The summed E-state index contributed by atoms with van der Waals surface area (Å²) in [4.78, 5) is 19.7. The molecule has 0 radical (unpaired) electrons. The van der Waals surface area contributed by atoms with Crippen molar-refractivity contribution in [2.75, 3.05) is 0 Å². The van der Waals surface area contributed by atoms with Gasteiger partial charge in [-0.15, -0.1) is 0 Å². The maximum absolute atomic E-state index is 5.43. The molecule has 606 valence electrons. The van der Waals surface area contributed by atoms with Gasteiger partial charge in [0.05, 0.1) is 97.9 Å². The Morgan fingerprint density at radius 3 is 0.760 bits per heavy atom. The summed E-state index contributed by atoms with van der Waals surface area (Å²) in [5, 5.41) is 17.7. The first-order valence-corrected chi connectivity index (χ1v) is 45.9. The van der Waals surface area contributed by atoms with E-state index in [-0.39, 0.29) is 0 Å². The highest BCUT2D eigenvalue weighted by atomic mass is 32.1. The molecular formula is C117H75N9S3. The minimum atomic E-state index is 0.964. The average molecular weight is 1700 g/mol. The zero-order valence-electron chi connectivity index (χ0n) is 69.6. The van der Waals surface area contributed by atoms with Gasteiger partial charge in [0.25, 0.3) is 0 Å². The van der Waals surface area contributed by atoms with Gasteiger partial charge in [-0.1, -0.05) is 392 Å². The lowest BCUT2D eigenvalue weighted by atomic mass is 10.1. The summed E-state index contributed by atoms with van der Waals surface area (Å²) in [6, 6.07) is 162. The molecule has 0 bridgehead atoms. The molecule has 0 N–H and O–H groups in total. The fraction of sp³-hybridized carbons (Fsp3) is 0. The fourth-order valence-corrected chi connectivity index (χ4v) is 22.9. The van der Waals surface area contributed by atoms with Gasteiger partial charge in [0.15, 0.2) is 15.4 Å². The third kappa shape index (κ3) is 12.5. The molecule has 0 atom stereocenters. The van der Waals surface area contributed by atoms with E-state index in [1.165, 1.54) is 135 Å². The molecule has 0 unspecified atom stereocenters. The third-order valence-corrected chi connectivity index (χ3v) is 28.4. The molecule has 0 aliphatic carbocycles. The van der Waals surface area contributed by atoms with Crippen LogP contribution in [0.5, 0.6) is 0 Å². The van der Waals surface area contributed by atoms with Crippen molar-refractivity contribution in [1.82, 2.24) is 42.4 Å². The first-order chi connectivity index (χ1) is 64.1. The molecule has 0 fully saturated rings. The Morgan fingerprint density at radius 2 is 0.388 bits per heavy atom. The largest absolute Gasteiger partial charge is 0.309 e. The summed E-state index contributed by atoms with van der Waals surface area (Å²) < 4.78 is 14.3. The van der Waals surface area contributed by atoms with Gasteiger partial charge >= 0.3 is 0 Å². The van der Waals surface area contributed by atoms with E-state index in [0.717, 1.165) is 93.8 Å². The van der Waals surface area contributed by atoms with Crippen molar-refractivity contribution >= 4 is 165 Å². The van der Waals surface area contributed by atoms with E-state index >= 15 is 0 Å². The third-order valence-electron chi connectivity index (χ3n) is 25.1. The number of para-hydroxylation sites is 9. The Bertz CT molecular complexity index is 8780. The van der Waals surface area contributed by atoms with Crippen LogP contribution in [0.15, 0.2) is 455 Å². The van der Waals surface area contributed by atoms with Gasteiger partial charge in [0.2, 0.25) is 0 Å². The quantitative estimate of drug-likeness (QED) is 0.122. The summed E-state index contributed by atoms with van der Waals surface area (Å²) in [5.74, 6) is 0. The first kappa shape index (κ1) is 75.2. The van der Waals surface area contributed by atoms with Gasteiger partial charge in [-0.3, -0.25) is 13.7 Å². The summed E-state index contributed by atoms with van der Waals surface area (Å²) in [7, 11) is 0. The molecule has 12 heteroatoms. The van der Waals surface area contributed by atoms with Gasteiger partial charge in [0.1, 0.15) is 0 Å². The van der Waals surface area contributed by atoms with Crippen LogP contribution in [-0.4, -0.2) is 42.4 Å². The van der Waals surface area contributed by atoms with Crippen molar-refractivity contribution in [2.24, 2.45) is 0 Å². The summed E-state index contributed by atoms with van der Waals surface area (Å²) >= 11 is 5.26. The van der Waals surface area contributed by atoms with Crippen LogP contribution in [0.25, 0.3) is 228 Å². The number of aromatic nitrogens is 9.